The molecule has 4 rings (SSSR count). The van der Waals surface area contributed by atoms with E-state index in [1.807, 2.05) is 0 Å². The molecule has 3 N–H and O–H groups in total. The number of hydrogen-bond donors (Lipinski definition) is 3. The summed E-state index contributed by atoms with van der Waals surface area (Å²) in [6.07, 6.45) is 34.4. The van der Waals surface area contributed by atoms with Gasteiger partial charge in [0.1, 0.15) is 0 Å². The second kappa shape index (κ2) is 21.6. The quantitative estimate of drug-likeness (QED) is 0.0829. The SMILES string of the molecule is CC(C)CCC[C@@H](C)[C@H]1CC[C@H]2[C@@H]3CC=C4C[C@@H](O)CC[C@]4(C)[C@H]3CC[C@]12C.CCCCCCCCCCCCCCCCC(O)C(=O)O. The molecule has 0 amide bonds. The van der Waals surface area contributed by atoms with E-state index in [0.717, 1.165) is 61.2 Å². The lowest BCUT2D eigenvalue weighted by Gasteiger charge is -2.58. The predicted octanol–water partition coefficient (Wildman–Crippen LogP) is 12.7. The van der Waals surface area contributed by atoms with Crippen molar-refractivity contribution < 1.29 is 20.1 Å². The van der Waals surface area contributed by atoms with Crippen LogP contribution in [0.4, 0.5) is 0 Å². The van der Waals surface area contributed by atoms with E-state index in [-0.39, 0.29) is 6.10 Å². The highest BCUT2D eigenvalue weighted by Gasteiger charge is 2.59. The molecule has 0 saturated heterocycles. The van der Waals surface area contributed by atoms with E-state index >= 15 is 0 Å². The molecule has 4 aliphatic carbocycles. The number of aliphatic carboxylic acids is 1. The Kier molecular flexibility index (Phi) is 18.8. The first kappa shape index (κ1) is 42.5. The van der Waals surface area contributed by atoms with Gasteiger partial charge in [0.25, 0.3) is 0 Å². The fourth-order valence-corrected chi connectivity index (χ4v) is 11.3. The molecule has 0 aliphatic heterocycles. The van der Waals surface area contributed by atoms with Crippen molar-refractivity contribution in [2.75, 3.05) is 0 Å². The van der Waals surface area contributed by atoms with Crippen LogP contribution in [0.1, 0.15) is 208 Å². The molecule has 3 saturated carbocycles. The number of allylic oxidation sites excluding steroid dienone is 1. The first-order chi connectivity index (χ1) is 23.4. The second-order valence-corrected chi connectivity index (χ2v) is 18.4. The average Bonchev–Trinajstić information content (AvgIpc) is 3.42. The van der Waals surface area contributed by atoms with E-state index in [4.69, 9.17) is 10.2 Å². The average molecular weight is 687 g/mol. The molecule has 0 heterocycles. The van der Waals surface area contributed by atoms with Crippen LogP contribution < -0.4 is 0 Å². The highest BCUT2D eigenvalue weighted by molar-refractivity contribution is 5.71. The van der Waals surface area contributed by atoms with E-state index in [1.165, 1.54) is 135 Å². The Morgan fingerprint density at radius 2 is 1.35 bits per heavy atom. The molecular formula is C45H82O4. The lowest BCUT2D eigenvalue weighted by Crippen LogP contribution is -2.50. The fourth-order valence-electron chi connectivity index (χ4n) is 11.3. The van der Waals surface area contributed by atoms with E-state index in [2.05, 4.69) is 47.6 Å². The summed E-state index contributed by atoms with van der Waals surface area (Å²) in [6, 6.07) is 0. The smallest absolute Gasteiger partial charge is 0.332 e. The van der Waals surface area contributed by atoms with Crippen molar-refractivity contribution in [3.63, 3.8) is 0 Å². The lowest BCUT2D eigenvalue weighted by atomic mass is 9.47. The first-order valence-electron chi connectivity index (χ1n) is 21.7. The molecule has 0 radical (unpaired) electrons. The van der Waals surface area contributed by atoms with Crippen molar-refractivity contribution >= 4 is 5.97 Å². The summed E-state index contributed by atoms with van der Waals surface area (Å²) in [5, 5.41) is 27.9. The summed E-state index contributed by atoms with van der Waals surface area (Å²) in [6.45, 7) is 14.8. The molecule has 0 aromatic carbocycles. The zero-order valence-corrected chi connectivity index (χ0v) is 33.3. The monoisotopic (exact) mass is 687 g/mol. The maximum absolute atomic E-state index is 10.4. The Hall–Kier alpha value is -0.870. The molecule has 4 nitrogen and oxygen atoms in total. The third-order valence-corrected chi connectivity index (χ3v) is 14.4. The highest BCUT2D eigenvalue weighted by Crippen LogP contribution is 2.67. The second-order valence-electron chi connectivity index (χ2n) is 18.4. The number of aliphatic hydroxyl groups excluding tert-OH is 2. The van der Waals surface area contributed by atoms with Crippen molar-refractivity contribution in [3.05, 3.63) is 11.6 Å². The molecule has 9 atom stereocenters. The van der Waals surface area contributed by atoms with Crippen LogP contribution in [-0.2, 0) is 4.79 Å². The molecule has 0 spiro atoms. The van der Waals surface area contributed by atoms with E-state index in [9.17, 15) is 9.90 Å². The van der Waals surface area contributed by atoms with Gasteiger partial charge in [0.15, 0.2) is 6.10 Å². The van der Waals surface area contributed by atoms with Crippen molar-refractivity contribution in [3.8, 4) is 0 Å². The molecule has 1 unspecified atom stereocenters. The molecular weight excluding hydrogens is 604 g/mol. The molecule has 0 aromatic rings. The molecule has 0 bridgehead atoms. The van der Waals surface area contributed by atoms with Crippen molar-refractivity contribution in [1.29, 1.82) is 0 Å². The van der Waals surface area contributed by atoms with Crippen molar-refractivity contribution in [1.82, 2.24) is 0 Å². The van der Waals surface area contributed by atoms with Gasteiger partial charge in [-0.2, -0.15) is 0 Å². The van der Waals surface area contributed by atoms with Gasteiger partial charge in [-0.25, -0.2) is 4.79 Å². The summed E-state index contributed by atoms with van der Waals surface area (Å²) < 4.78 is 0. The predicted molar refractivity (Wildman–Crippen MR) is 208 cm³/mol. The zero-order valence-electron chi connectivity index (χ0n) is 33.3. The minimum atomic E-state index is -1.16. The number of aliphatic hydroxyl groups is 2. The minimum absolute atomic E-state index is 0.0766. The molecule has 286 valence electrons. The Morgan fingerprint density at radius 1 is 0.755 bits per heavy atom. The largest absolute Gasteiger partial charge is 0.479 e. The summed E-state index contributed by atoms with van der Waals surface area (Å²) in [5.41, 5.74) is 2.60. The number of rotatable bonds is 21. The number of hydrogen-bond acceptors (Lipinski definition) is 3. The van der Waals surface area contributed by atoms with Gasteiger partial charge >= 0.3 is 5.97 Å². The Bertz CT molecular complexity index is 958. The minimum Gasteiger partial charge on any atom is -0.479 e. The first-order valence-corrected chi connectivity index (χ1v) is 21.7. The number of carboxylic acids is 1. The Morgan fingerprint density at radius 3 is 1.92 bits per heavy atom. The third kappa shape index (κ3) is 12.6. The number of carboxylic acid groups (broad SMARTS) is 1. The molecule has 4 aliphatic rings. The molecule has 0 aromatic heterocycles. The van der Waals surface area contributed by atoms with Gasteiger partial charge in [0.2, 0.25) is 0 Å². The van der Waals surface area contributed by atoms with E-state index < -0.39 is 12.1 Å². The fraction of sp³-hybridized carbons (Fsp3) is 0.933. The van der Waals surface area contributed by atoms with Crippen LogP contribution in [0.15, 0.2) is 11.6 Å². The summed E-state index contributed by atoms with van der Waals surface area (Å²) >= 11 is 0. The standard InChI is InChI=1S/C27H46O.C18H36O3/c1-18(2)7-6-8-19(3)23-11-12-24-22-10-9-20-17-21(28)13-15-26(20,4)25(22)14-16-27(23,24)5;1-2-3-4-5-6-7-8-9-10-11-12-13-14-15-16-17(19)18(20)21/h9,18-19,21-25,28H,6-8,10-17H2,1-5H3;17,19H,2-16H2,1H3,(H,20,21)/t19-,21+,22+,23-,24+,25+,26+,27-;/m1./s1. The normalized spacial score (nSPS) is 31.9. The van der Waals surface area contributed by atoms with Crippen LogP contribution in [0.3, 0.4) is 0 Å². The molecule has 3 fully saturated rings. The van der Waals surface area contributed by atoms with Gasteiger partial charge < -0.3 is 15.3 Å². The maximum Gasteiger partial charge on any atom is 0.332 e. The number of carbonyl (C=O) groups is 1. The zero-order chi connectivity index (χ0) is 35.9. The van der Waals surface area contributed by atoms with Gasteiger partial charge in [0, 0.05) is 0 Å². The van der Waals surface area contributed by atoms with Crippen molar-refractivity contribution in [2.45, 2.75) is 221 Å². The molecule has 4 heteroatoms. The molecule has 49 heavy (non-hydrogen) atoms. The van der Waals surface area contributed by atoms with E-state index in [1.54, 1.807) is 5.57 Å². The summed E-state index contributed by atoms with van der Waals surface area (Å²) in [7, 11) is 0. The van der Waals surface area contributed by atoms with Crippen LogP contribution in [0.2, 0.25) is 0 Å². The van der Waals surface area contributed by atoms with Crippen LogP contribution in [0.25, 0.3) is 0 Å². The highest BCUT2D eigenvalue weighted by atomic mass is 16.4. The van der Waals surface area contributed by atoms with Gasteiger partial charge in [0.05, 0.1) is 6.10 Å². The van der Waals surface area contributed by atoms with Crippen molar-refractivity contribution in [2.24, 2.45) is 46.3 Å². The van der Waals surface area contributed by atoms with Crippen LogP contribution in [-0.4, -0.2) is 33.5 Å². The summed E-state index contributed by atoms with van der Waals surface area (Å²) in [5.74, 6) is 4.36. The maximum atomic E-state index is 10.4. The van der Waals surface area contributed by atoms with Gasteiger partial charge in [-0.05, 0) is 104 Å². The van der Waals surface area contributed by atoms with Gasteiger partial charge in [-0.1, -0.05) is 162 Å². The third-order valence-electron chi connectivity index (χ3n) is 14.4. The Labute approximate surface area is 304 Å². The lowest BCUT2D eigenvalue weighted by molar-refractivity contribution is -0.146. The van der Waals surface area contributed by atoms with Crippen LogP contribution >= 0.6 is 0 Å². The van der Waals surface area contributed by atoms with Crippen LogP contribution in [0, 0.1) is 46.3 Å². The number of fused-ring (bicyclic) bond motifs is 5. The van der Waals surface area contributed by atoms with Gasteiger partial charge in [-0.3, -0.25) is 0 Å². The Balaban J connectivity index is 0.000000279. The van der Waals surface area contributed by atoms with Crippen LogP contribution in [0.5, 0.6) is 0 Å². The van der Waals surface area contributed by atoms with E-state index in [0.29, 0.717) is 17.3 Å². The summed E-state index contributed by atoms with van der Waals surface area (Å²) in [4.78, 5) is 10.4. The number of unbranched alkanes of at least 4 members (excludes halogenated alkanes) is 13. The topological polar surface area (TPSA) is 77.8 Å². The van der Waals surface area contributed by atoms with Gasteiger partial charge in [-0.15, -0.1) is 0 Å².